The van der Waals surface area contributed by atoms with Crippen LogP contribution in [0.25, 0.3) is 0 Å². The molecule has 2 N–H and O–H groups in total. The highest BCUT2D eigenvalue weighted by Crippen LogP contribution is 2.29. The van der Waals surface area contributed by atoms with Crippen molar-refractivity contribution >= 4 is 5.71 Å². The lowest BCUT2D eigenvalue weighted by Gasteiger charge is -2.42. The molecule has 0 saturated carbocycles. The summed E-state index contributed by atoms with van der Waals surface area (Å²) < 4.78 is 18.2. The molecule has 38 heavy (non-hydrogen) atoms. The van der Waals surface area contributed by atoms with Crippen molar-refractivity contribution in [3.05, 3.63) is 84.1 Å². The molecule has 5 atom stereocenters. The van der Waals surface area contributed by atoms with Gasteiger partial charge >= 0.3 is 0 Å². The Morgan fingerprint density at radius 3 is 2.03 bits per heavy atom. The van der Waals surface area contributed by atoms with Crippen molar-refractivity contribution in [1.29, 1.82) is 0 Å². The van der Waals surface area contributed by atoms with Gasteiger partial charge in [0.05, 0.1) is 18.6 Å². The molecule has 3 rings (SSSR count). The van der Waals surface area contributed by atoms with Crippen LogP contribution in [-0.2, 0) is 14.2 Å². The molecule has 1 heterocycles. The second-order valence-corrected chi connectivity index (χ2v) is 9.83. The first-order valence-corrected chi connectivity index (χ1v) is 14.2. The zero-order valence-electron chi connectivity index (χ0n) is 23.0. The Kier molecular flexibility index (Phi) is 13.6. The number of hydrogen-bond acceptors (Lipinski definition) is 6. The van der Waals surface area contributed by atoms with Crippen LogP contribution in [-0.4, -0.2) is 59.8 Å². The normalized spacial score (nSPS) is 23.4. The fourth-order valence-electron chi connectivity index (χ4n) is 4.77. The number of unbranched alkanes of at least 4 members (excludes halogenated alkanes) is 7. The number of benzene rings is 2. The van der Waals surface area contributed by atoms with Crippen molar-refractivity contribution in [2.75, 3.05) is 13.2 Å². The van der Waals surface area contributed by atoms with E-state index in [1.165, 1.54) is 38.5 Å². The number of aliphatic imine (C=N–C) groups is 1. The van der Waals surface area contributed by atoms with E-state index in [0.29, 0.717) is 6.61 Å². The summed E-state index contributed by atoms with van der Waals surface area (Å²) in [6.07, 6.45) is 9.53. The third kappa shape index (κ3) is 9.05. The predicted molar refractivity (Wildman–Crippen MR) is 152 cm³/mol. The van der Waals surface area contributed by atoms with Crippen LogP contribution in [0.1, 0.15) is 76.3 Å². The molecule has 0 amide bonds. The van der Waals surface area contributed by atoms with E-state index in [-0.39, 0.29) is 6.61 Å². The van der Waals surface area contributed by atoms with Gasteiger partial charge < -0.3 is 24.4 Å². The number of hydrogen-bond donors (Lipinski definition) is 2. The maximum atomic E-state index is 11.2. The Morgan fingerprint density at radius 2 is 1.47 bits per heavy atom. The van der Waals surface area contributed by atoms with Crippen molar-refractivity contribution in [3.8, 4) is 0 Å². The number of allylic oxidation sites excluding steroid dienone is 1. The third-order valence-electron chi connectivity index (χ3n) is 6.85. The summed E-state index contributed by atoms with van der Waals surface area (Å²) in [5, 5.41) is 21.1. The van der Waals surface area contributed by atoms with E-state index < -0.39 is 30.6 Å². The lowest BCUT2D eigenvalue weighted by molar-refractivity contribution is -0.258. The molecule has 1 aliphatic rings. The van der Waals surface area contributed by atoms with Crippen LogP contribution in [0, 0.1) is 0 Å². The molecule has 2 aromatic carbocycles. The maximum absolute atomic E-state index is 11.2. The van der Waals surface area contributed by atoms with Gasteiger partial charge in [-0.25, -0.2) is 0 Å². The Labute approximate surface area is 228 Å². The summed E-state index contributed by atoms with van der Waals surface area (Å²) in [5.74, 6) is 0. The van der Waals surface area contributed by atoms with Crippen LogP contribution < -0.4 is 0 Å². The number of aliphatic hydroxyl groups is 2. The average molecular weight is 524 g/mol. The van der Waals surface area contributed by atoms with E-state index in [4.69, 9.17) is 19.2 Å². The van der Waals surface area contributed by atoms with Gasteiger partial charge in [0.25, 0.3) is 0 Å². The lowest BCUT2D eigenvalue weighted by atomic mass is 9.95. The second kappa shape index (κ2) is 17.2. The van der Waals surface area contributed by atoms with Gasteiger partial charge in [-0.2, -0.15) is 0 Å². The highest BCUT2D eigenvalue weighted by atomic mass is 16.7. The van der Waals surface area contributed by atoms with E-state index in [1.807, 2.05) is 67.6 Å². The highest BCUT2D eigenvalue weighted by molar-refractivity contribution is 6.13. The van der Waals surface area contributed by atoms with Gasteiger partial charge in [0, 0.05) is 17.7 Å². The molecule has 5 unspecified atom stereocenters. The quantitative estimate of drug-likeness (QED) is 0.159. The summed E-state index contributed by atoms with van der Waals surface area (Å²) >= 11 is 0. The third-order valence-corrected chi connectivity index (χ3v) is 6.85. The van der Waals surface area contributed by atoms with Crippen molar-refractivity contribution in [2.45, 2.75) is 95.9 Å². The number of nitrogens with zero attached hydrogens (tertiary/aromatic N) is 1. The summed E-state index contributed by atoms with van der Waals surface area (Å²) in [4.78, 5) is 5.13. The smallest absolute Gasteiger partial charge is 0.224 e. The van der Waals surface area contributed by atoms with Gasteiger partial charge in [0.2, 0.25) is 6.29 Å². The van der Waals surface area contributed by atoms with Gasteiger partial charge in [0.1, 0.15) is 24.4 Å². The highest BCUT2D eigenvalue weighted by Gasteiger charge is 2.47. The lowest BCUT2D eigenvalue weighted by Crippen LogP contribution is -2.59. The van der Waals surface area contributed by atoms with Gasteiger partial charge in [-0.3, -0.25) is 4.99 Å². The molecule has 1 aliphatic heterocycles. The topological polar surface area (TPSA) is 80.5 Å². The van der Waals surface area contributed by atoms with Crippen LogP contribution in [0.4, 0.5) is 0 Å². The van der Waals surface area contributed by atoms with E-state index in [1.54, 1.807) is 12.3 Å². The minimum absolute atomic E-state index is 0.338. The molecule has 1 fully saturated rings. The zero-order chi connectivity index (χ0) is 27.0. The molecule has 0 aromatic heterocycles. The second-order valence-electron chi connectivity index (χ2n) is 9.83. The molecule has 0 spiro atoms. The fourth-order valence-corrected chi connectivity index (χ4v) is 4.77. The van der Waals surface area contributed by atoms with Gasteiger partial charge in [0.15, 0.2) is 0 Å². The zero-order valence-corrected chi connectivity index (χ0v) is 23.0. The number of aliphatic hydroxyl groups excluding tert-OH is 2. The first-order valence-electron chi connectivity index (χ1n) is 14.2. The molecular weight excluding hydrogens is 478 g/mol. The molecule has 6 nitrogen and oxygen atoms in total. The van der Waals surface area contributed by atoms with Crippen molar-refractivity contribution in [1.82, 2.24) is 0 Å². The molecule has 6 heteroatoms. The van der Waals surface area contributed by atoms with E-state index in [0.717, 1.165) is 29.7 Å². The Hall–Kier alpha value is -2.51. The fraction of sp³-hybridized carbons (Fsp3) is 0.531. The summed E-state index contributed by atoms with van der Waals surface area (Å²) in [6.45, 7) is 4.25. The van der Waals surface area contributed by atoms with Gasteiger partial charge in [-0.05, 0) is 13.3 Å². The minimum atomic E-state index is -1.04. The standard InChI is InChI=1S/C32H45NO5/c1-3-5-6-7-8-9-10-17-23-36-31-29(32(37-22-4-2)38-27(24-34)30(31)35)33-28(25-18-13-11-14-19-25)26-20-15-12-16-21-26/h4,11-16,18-22,27,29-32,34-35H,3,5-10,17,23-24H2,1-2H3/b22-4+. The SMILES string of the molecule is C/C=C/OC1OC(CO)C(O)C(OCCCCCCCCCC)C1N=C(c1ccccc1)c1ccccc1. The van der Waals surface area contributed by atoms with E-state index in [9.17, 15) is 10.2 Å². The average Bonchev–Trinajstić information content (AvgIpc) is 2.96. The molecule has 2 aromatic rings. The first-order chi connectivity index (χ1) is 18.7. The van der Waals surface area contributed by atoms with Crippen LogP contribution in [0.5, 0.6) is 0 Å². The first kappa shape index (κ1) is 30.0. The van der Waals surface area contributed by atoms with Crippen LogP contribution >= 0.6 is 0 Å². The molecule has 208 valence electrons. The Bertz CT molecular complexity index is 907. The van der Waals surface area contributed by atoms with Crippen molar-refractivity contribution in [2.24, 2.45) is 4.99 Å². The number of rotatable bonds is 16. The number of ether oxygens (including phenoxy) is 3. The monoisotopic (exact) mass is 523 g/mol. The Morgan fingerprint density at radius 1 is 0.895 bits per heavy atom. The largest absolute Gasteiger partial charge is 0.470 e. The van der Waals surface area contributed by atoms with E-state index in [2.05, 4.69) is 6.92 Å². The minimum Gasteiger partial charge on any atom is -0.470 e. The van der Waals surface area contributed by atoms with Gasteiger partial charge in [-0.1, -0.05) is 119 Å². The van der Waals surface area contributed by atoms with Crippen LogP contribution in [0.2, 0.25) is 0 Å². The van der Waals surface area contributed by atoms with E-state index >= 15 is 0 Å². The molecule has 0 bridgehead atoms. The predicted octanol–water partition coefficient (Wildman–Crippen LogP) is 6.05. The summed E-state index contributed by atoms with van der Waals surface area (Å²) in [5.41, 5.74) is 2.66. The van der Waals surface area contributed by atoms with Gasteiger partial charge in [-0.15, -0.1) is 0 Å². The summed E-state index contributed by atoms with van der Waals surface area (Å²) in [6, 6.07) is 19.3. The molecule has 1 saturated heterocycles. The van der Waals surface area contributed by atoms with Crippen molar-refractivity contribution < 1.29 is 24.4 Å². The molecular formula is C32H45NO5. The molecule has 0 radical (unpaired) electrons. The maximum Gasteiger partial charge on any atom is 0.224 e. The van der Waals surface area contributed by atoms with Crippen molar-refractivity contribution in [3.63, 3.8) is 0 Å². The summed E-state index contributed by atoms with van der Waals surface area (Å²) in [7, 11) is 0. The Balaban J connectivity index is 1.83. The molecule has 0 aliphatic carbocycles. The van der Waals surface area contributed by atoms with Crippen LogP contribution in [0.3, 0.4) is 0 Å². The van der Waals surface area contributed by atoms with Crippen LogP contribution in [0.15, 0.2) is 78.0 Å².